The third-order valence-electron chi connectivity index (χ3n) is 4.10. The molecule has 1 aromatic heterocycles. The molecule has 0 bridgehead atoms. The molecule has 0 aliphatic rings. The van der Waals surface area contributed by atoms with E-state index in [0.29, 0.717) is 22.2 Å². The first kappa shape index (κ1) is 20.4. The van der Waals surface area contributed by atoms with E-state index < -0.39 is 0 Å². The molecule has 3 aromatic rings. The summed E-state index contributed by atoms with van der Waals surface area (Å²) in [7, 11) is 3.05. The minimum Gasteiger partial charge on any atom is -0.495 e. The fourth-order valence-electron chi connectivity index (χ4n) is 2.80. The van der Waals surface area contributed by atoms with Gasteiger partial charge in [0.15, 0.2) is 5.16 Å². The van der Waals surface area contributed by atoms with Gasteiger partial charge in [-0.2, -0.15) is 0 Å². The molecule has 0 aliphatic heterocycles. The molecule has 1 N–H and O–H groups in total. The molecular formula is C20H22ClN3O3S. The highest BCUT2D eigenvalue weighted by Gasteiger charge is 2.16. The average molecular weight is 420 g/mol. The Hall–Kier alpha value is -2.38. The first-order valence-corrected chi connectivity index (χ1v) is 10.2. The number of fused-ring (bicyclic) bond motifs is 1. The van der Waals surface area contributed by atoms with E-state index in [1.54, 1.807) is 23.9 Å². The normalized spacial score (nSPS) is 10.9. The summed E-state index contributed by atoms with van der Waals surface area (Å²) in [5.41, 5.74) is 2.30. The van der Waals surface area contributed by atoms with E-state index in [1.165, 1.54) is 14.2 Å². The zero-order valence-electron chi connectivity index (χ0n) is 16.0. The van der Waals surface area contributed by atoms with Gasteiger partial charge >= 0.3 is 0 Å². The first-order valence-electron chi connectivity index (χ1n) is 8.86. The van der Waals surface area contributed by atoms with Crippen LogP contribution in [-0.4, -0.2) is 35.4 Å². The van der Waals surface area contributed by atoms with E-state index in [1.807, 2.05) is 28.8 Å². The number of nitrogens with one attached hydrogen (secondary N) is 1. The van der Waals surface area contributed by atoms with Gasteiger partial charge in [0.1, 0.15) is 18.0 Å². The standard InChI is InChI=1S/C20H22ClN3O3S/c1-4-9-28-20-23-14-7-5-6-8-16(14)24(20)12-19(25)22-15-11-17(26-2)13(21)10-18(15)27-3/h5-8,10-11H,4,9,12H2,1-3H3,(H,22,25). The summed E-state index contributed by atoms with van der Waals surface area (Å²) in [6, 6.07) is 11.1. The van der Waals surface area contributed by atoms with E-state index in [2.05, 4.69) is 17.2 Å². The molecule has 0 fully saturated rings. The minimum absolute atomic E-state index is 0.140. The third kappa shape index (κ3) is 4.36. The van der Waals surface area contributed by atoms with Crippen molar-refractivity contribution < 1.29 is 14.3 Å². The lowest BCUT2D eigenvalue weighted by Gasteiger charge is -2.14. The Balaban J connectivity index is 1.87. The number of ether oxygens (including phenoxy) is 2. The smallest absolute Gasteiger partial charge is 0.244 e. The van der Waals surface area contributed by atoms with Crippen LogP contribution in [-0.2, 0) is 11.3 Å². The van der Waals surface area contributed by atoms with Crippen molar-refractivity contribution in [3.8, 4) is 11.5 Å². The van der Waals surface area contributed by atoms with Crippen molar-refractivity contribution in [3.63, 3.8) is 0 Å². The van der Waals surface area contributed by atoms with E-state index in [0.717, 1.165) is 28.4 Å². The van der Waals surface area contributed by atoms with Crippen LogP contribution in [0.2, 0.25) is 5.02 Å². The number of amides is 1. The number of carbonyl (C=O) groups excluding carboxylic acids is 1. The van der Waals surface area contributed by atoms with Crippen molar-refractivity contribution >= 4 is 46.0 Å². The molecule has 3 rings (SSSR count). The monoisotopic (exact) mass is 419 g/mol. The third-order valence-corrected chi connectivity index (χ3v) is 5.58. The molecule has 0 spiro atoms. The van der Waals surface area contributed by atoms with Crippen molar-refractivity contribution in [1.29, 1.82) is 0 Å². The van der Waals surface area contributed by atoms with Gasteiger partial charge in [-0.05, 0) is 18.6 Å². The predicted octanol–water partition coefficient (Wildman–Crippen LogP) is 4.85. The highest BCUT2D eigenvalue weighted by Crippen LogP contribution is 2.36. The fourth-order valence-corrected chi connectivity index (χ4v) is 3.90. The number of thioether (sulfide) groups is 1. The maximum Gasteiger partial charge on any atom is 0.244 e. The van der Waals surface area contributed by atoms with Gasteiger partial charge in [-0.3, -0.25) is 4.79 Å². The lowest BCUT2D eigenvalue weighted by Crippen LogP contribution is -2.19. The molecule has 0 atom stereocenters. The number of nitrogens with zero attached hydrogens (tertiary/aromatic N) is 2. The second-order valence-corrected chi connectivity index (χ2v) is 7.52. The van der Waals surface area contributed by atoms with Crippen LogP contribution in [0, 0.1) is 0 Å². The van der Waals surface area contributed by atoms with Crippen molar-refractivity contribution in [2.45, 2.75) is 25.0 Å². The van der Waals surface area contributed by atoms with Crippen LogP contribution in [0.15, 0.2) is 41.6 Å². The summed E-state index contributed by atoms with van der Waals surface area (Å²) in [5.74, 6) is 1.68. The number of carbonyl (C=O) groups is 1. The number of hydrogen-bond donors (Lipinski definition) is 1. The molecule has 1 heterocycles. The van der Waals surface area contributed by atoms with E-state index in [9.17, 15) is 4.79 Å². The quantitative estimate of drug-likeness (QED) is 0.529. The van der Waals surface area contributed by atoms with E-state index in [4.69, 9.17) is 21.1 Å². The Morgan fingerprint density at radius 2 is 1.96 bits per heavy atom. The number of anilines is 1. The second kappa shape index (κ2) is 9.21. The van der Waals surface area contributed by atoms with E-state index in [-0.39, 0.29) is 12.5 Å². The summed E-state index contributed by atoms with van der Waals surface area (Å²) < 4.78 is 12.5. The number of hydrogen-bond acceptors (Lipinski definition) is 5. The van der Waals surface area contributed by atoms with Gasteiger partial charge in [0, 0.05) is 17.9 Å². The molecule has 2 aromatic carbocycles. The van der Waals surface area contributed by atoms with Gasteiger partial charge in [0.25, 0.3) is 0 Å². The predicted molar refractivity (Wildman–Crippen MR) is 114 cm³/mol. The number of aromatic nitrogens is 2. The van der Waals surface area contributed by atoms with Crippen LogP contribution in [0.3, 0.4) is 0 Å². The minimum atomic E-state index is -0.191. The van der Waals surface area contributed by atoms with Crippen molar-refractivity contribution in [2.24, 2.45) is 0 Å². The van der Waals surface area contributed by atoms with Crippen LogP contribution in [0.25, 0.3) is 11.0 Å². The Kier molecular flexibility index (Phi) is 6.70. The highest BCUT2D eigenvalue weighted by atomic mass is 35.5. The molecule has 8 heteroatoms. The molecule has 6 nitrogen and oxygen atoms in total. The fraction of sp³-hybridized carbons (Fsp3) is 0.300. The van der Waals surface area contributed by atoms with Crippen LogP contribution >= 0.6 is 23.4 Å². The second-order valence-electron chi connectivity index (χ2n) is 6.05. The largest absolute Gasteiger partial charge is 0.495 e. The number of imidazole rings is 1. The van der Waals surface area contributed by atoms with Crippen LogP contribution in [0.1, 0.15) is 13.3 Å². The first-order chi connectivity index (χ1) is 13.6. The van der Waals surface area contributed by atoms with Gasteiger partial charge in [-0.1, -0.05) is 42.4 Å². The average Bonchev–Trinajstić information content (AvgIpc) is 3.04. The number of methoxy groups -OCH3 is 2. The lowest BCUT2D eigenvalue weighted by molar-refractivity contribution is -0.116. The Labute approximate surface area is 173 Å². The van der Waals surface area contributed by atoms with Gasteiger partial charge in [-0.25, -0.2) is 4.98 Å². The van der Waals surface area contributed by atoms with Gasteiger partial charge in [-0.15, -0.1) is 0 Å². The Bertz CT molecular complexity index is 990. The molecule has 0 saturated carbocycles. The summed E-state index contributed by atoms with van der Waals surface area (Å²) in [5, 5.41) is 4.13. The Morgan fingerprint density at radius 1 is 1.21 bits per heavy atom. The molecule has 148 valence electrons. The summed E-state index contributed by atoms with van der Waals surface area (Å²) >= 11 is 7.78. The molecule has 28 heavy (non-hydrogen) atoms. The Morgan fingerprint density at radius 3 is 2.68 bits per heavy atom. The molecular weight excluding hydrogens is 398 g/mol. The topological polar surface area (TPSA) is 65.4 Å². The van der Waals surface area contributed by atoms with Crippen LogP contribution in [0.5, 0.6) is 11.5 Å². The summed E-state index contributed by atoms with van der Waals surface area (Å²) in [4.78, 5) is 17.5. The van der Waals surface area contributed by atoms with E-state index >= 15 is 0 Å². The van der Waals surface area contributed by atoms with Gasteiger partial charge in [0.2, 0.25) is 5.91 Å². The maximum atomic E-state index is 12.8. The number of halogens is 1. The van der Waals surface area contributed by atoms with Crippen molar-refractivity contribution in [3.05, 3.63) is 41.4 Å². The van der Waals surface area contributed by atoms with Crippen LogP contribution < -0.4 is 14.8 Å². The van der Waals surface area contributed by atoms with Crippen LogP contribution in [0.4, 0.5) is 5.69 Å². The highest BCUT2D eigenvalue weighted by molar-refractivity contribution is 7.99. The van der Waals surface area contributed by atoms with Gasteiger partial charge in [0.05, 0.1) is 36.0 Å². The number of para-hydroxylation sites is 2. The molecule has 0 radical (unpaired) electrons. The summed E-state index contributed by atoms with van der Waals surface area (Å²) in [6.45, 7) is 2.26. The van der Waals surface area contributed by atoms with Crippen molar-refractivity contribution in [1.82, 2.24) is 9.55 Å². The van der Waals surface area contributed by atoms with Crippen molar-refractivity contribution in [2.75, 3.05) is 25.3 Å². The number of benzene rings is 2. The SMILES string of the molecule is CCCSc1nc2ccccc2n1CC(=O)Nc1cc(OC)c(Cl)cc1OC. The zero-order valence-corrected chi connectivity index (χ0v) is 17.6. The molecule has 0 unspecified atom stereocenters. The lowest BCUT2D eigenvalue weighted by atomic mass is 10.2. The molecule has 0 saturated heterocycles. The maximum absolute atomic E-state index is 12.8. The molecule has 1 amide bonds. The zero-order chi connectivity index (χ0) is 20.1. The van der Waals surface area contributed by atoms with Gasteiger partial charge < -0.3 is 19.4 Å². The number of rotatable bonds is 8. The molecule has 0 aliphatic carbocycles. The summed E-state index contributed by atoms with van der Waals surface area (Å²) in [6.07, 6.45) is 1.03.